The zero-order valence-corrected chi connectivity index (χ0v) is 9.10. The predicted octanol–water partition coefficient (Wildman–Crippen LogP) is 3.48. The van der Waals surface area contributed by atoms with E-state index in [0.29, 0.717) is 23.2 Å². The molecule has 0 radical (unpaired) electrons. The van der Waals surface area contributed by atoms with Crippen LogP contribution in [0.1, 0.15) is 30.7 Å². The number of aromatic nitrogens is 1. The Hall–Kier alpha value is -1.77. The van der Waals surface area contributed by atoms with Gasteiger partial charge in [0.15, 0.2) is 0 Å². The number of pyridine rings is 1. The maximum absolute atomic E-state index is 9.25. The van der Waals surface area contributed by atoms with Crippen LogP contribution in [0.2, 0.25) is 0 Å². The molecule has 2 unspecified atom stereocenters. The standard InChI is InChI=1S/C13H13NO2/c1-7-5-10(7)12-6-9-3-4-11(8(2)15)14-13(9)16-12/h3-4,6-7,10,15H,2,5H2,1H3. The zero-order chi connectivity index (χ0) is 11.3. The Morgan fingerprint density at radius 3 is 2.94 bits per heavy atom. The molecular formula is C13H13NO2. The van der Waals surface area contributed by atoms with Crippen LogP contribution in [-0.4, -0.2) is 10.1 Å². The van der Waals surface area contributed by atoms with Crippen molar-refractivity contribution in [2.75, 3.05) is 0 Å². The average Bonchev–Trinajstić information content (AvgIpc) is 2.84. The van der Waals surface area contributed by atoms with Crippen LogP contribution in [0.4, 0.5) is 0 Å². The van der Waals surface area contributed by atoms with Crippen LogP contribution < -0.4 is 0 Å². The molecule has 82 valence electrons. The van der Waals surface area contributed by atoms with Crippen molar-refractivity contribution in [2.45, 2.75) is 19.3 Å². The highest BCUT2D eigenvalue weighted by atomic mass is 16.3. The molecule has 2 heterocycles. The molecular weight excluding hydrogens is 202 g/mol. The Morgan fingerprint density at radius 2 is 2.31 bits per heavy atom. The molecule has 16 heavy (non-hydrogen) atoms. The molecule has 0 aromatic carbocycles. The molecule has 3 heteroatoms. The first kappa shape index (κ1) is 9.46. The fourth-order valence-corrected chi connectivity index (χ4v) is 2.00. The van der Waals surface area contributed by atoms with Gasteiger partial charge in [-0.1, -0.05) is 13.5 Å². The highest BCUT2D eigenvalue weighted by molar-refractivity contribution is 5.76. The number of fused-ring (bicyclic) bond motifs is 1. The largest absolute Gasteiger partial charge is 0.506 e. The highest BCUT2D eigenvalue weighted by Gasteiger charge is 2.36. The van der Waals surface area contributed by atoms with E-state index < -0.39 is 0 Å². The van der Waals surface area contributed by atoms with Gasteiger partial charge in [0.25, 0.3) is 0 Å². The van der Waals surface area contributed by atoms with E-state index in [1.165, 1.54) is 6.42 Å². The summed E-state index contributed by atoms with van der Waals surface area (Å²) >= 11 is 0. The average molecular weight is 215 g/mol. The van der Waals surface area contributed by atoms with Gasteiger partial charge in [-0.3, -0.25) is 0 Å². The minimum Gasteiger partial charge on any atom is -0.506 e. The molecule has 2 aromatic rings. The summed E-state index contributed by atoms with van der Waals surface area (Å²) in [5.41, 5.74) is 1.05. The predicted molar refractivity (Wildman–Crippen MR) is 62.2 cm³/mol. The third-order valence-corrected chi connectivity index (χ3v) is 3.17. The molecule has 3 rings (SSSR count). The first-order chi connectivity index (χ1) is 7.65. The summed E-state index contributed by atoms with van der Waals surface area (Å²) in [6.07, 6.45) is 1.19. The monoisotopic (exact) mass is 215 g/mol. The van der Waals surface area contributed by atoms with Crippen molar-refractivity contribution in [1.29, 1.82) is 0 Å². The van der Waals surface area contributed by atoms with E-state index in [1.807, 2.05) is 12.1 Å². The topological polar surface area (TPSA) is 46.3 Å². The van der Waals surface area contributed by atoms with E-state index in [1.54, 1.807) is 6.07 Å². The van der Waals surface area contributed by atoms with Crippen molar-refractivity contribution in [3.8, 4) is 0 Å². The molecule has 1 aliphatic carbocycles. The van der Waals surface area contributed by atoms with Gasteiger partial charge in [0.05, 0.1) is 0 Å². The van der Waals surface area contributed by atoms with Crippen molar-refractivity contribution in [3.05, 3.63) is 36.2 Å². The molecule has 1 saturated carbocycles. The quantitative estimate of drug-likeness (QED) is 0.780. The van der Waals surface area contributed by atoms with Crippen molar-refractivity contribution < 1.29 is 9.52 Å². The maximum atomic E-state index is 9.25. The lowest BCUT2D eigenvalue weighted by Gasteiger charge is -1.95. The fourth-order valence-electron chi connectivity index (χ4n) is 2.00. The third-order valence-electron chi connectivity index (χ3n) is 3.17. The Balaban J connectivity index is 2.07. The Kier molecular flexibility index (Phi) is 1.84. The van der Waals surface area contributed by atoms with Gasteiger partial charge in [-0.15, -0.1) is 0 Å². The van der Waals surface area contributed by atoms with Crippen molar-refractivity contribution in [3.63, 3.8) is 0 Å². The summed E-state index contributed by atoms with van der Waals surface area (Å²) in [6.45, 7) is 5.66. The summed E-state index contributed by atoms with van der Waals surface area (Å²) < 4.78 is 5.69. The minimum absolute atomic E-state index is 0.0281. The van der Waals surface area contributed by atoms with Gasteiger partial charge in [-0.25, -0.2) is 4.98 Å². The maximum Gasteiger partial charge on any atom is 0.226 e. The summed E-state index contributed by atoms with van der Waals surface area (Å²) in [4.78, 5) is 4.21. The Bertz CT molecular complexity index is 570. The normalized spacial score (nSPS) is 23.6. The lowest BCUT2D eigenvalue weighted by molar-refractivity contribution is 0.507. The number of aliphatic hydroxyl groups excluding tert-OH is 1. The van der Waals surface area contributed by atoms with Crippen LogP contribution in [0.3, 0.4) is 0 Å². The highest BCUT2D eigenvalue weighted by Crippen LogP contribution is 2.48. The van der Waals surface area contributed by atoms with Crippen molar-refractivity contribution >= 4 is 16.9 Å². The number of furan rings is 1. The van der Waals surface area contributed by atoms with Crippen LogP contribution in [-0.2, 0) is 0 Å². The van der Waals surface area contributed by atoms with Gasteiger partial charge < -0.3 is 9.52 Å². The molecule has 3 nitrogen and oxygen atoms in total. The van der Waals surface area contributed by atoms with E-state index in [2.05, 4.69) is 18.5 Å². The van der Waals surface area contributed by atoms with Gasteiger partial charge in [0.1, 0.15) is 17.2 Å². The van der Waals surface area contributed by atoms with Gasteiger partial charge in [-0.2, -0.15) is 0 Å². The van der Waals surface area contributed by atoms with Crippen LogP contribution in [0.5, 0.6) is 0 Å². The molecule has 2 atom stereocenters. The second kappa shape index (κ2) is 3.11. The van der Waals surface area contributed by atoms with Gasteiger partial charge in [-0.05, 0) is 30.5 Å². The third kappa shape index (κ3) is 1.40. The molecule has 0 spiro atoms. The summed E-state index contributed by atoms with van der Waals surface area (Å²) in [7, 11) is 0. The summed E-state index contributed by atoms with van der Waals surface area (Å²) in [5.74, 6) is 2.25. The van der Waals surface area contributed by atoms with Gasteiger partial charge in [0, 0.05) is 11.3 Å². The minimum atomic E-state index is -0.0281. The summed E-state index contributed by atoms with van der Waals surface area (Å²) in [5, 5.41) is 10.2. The van der Waals surface area contributed by atoms with Crippen molar-refractivity contribution in [1.82, 2.24) is 4.98 Å². The molecule has 0 bridgehead atoms. The molecule has 0 amide bonds. The number of hydrogen-bond donors (Lipinski definition) is 1. The van der Waals surface area contributed by atoms with E-state index in [4.69, 9.17) is 4.42 Å². The van der Waals surface area contributed by atoms with Crippen LogP contribution in [0.25, 0.3) is 16.9 Å². The van der Waals surface area contributed by atoms with Crippen LogP contribution in [0.15, 0.2) is 29.2 Å². The lowest BCUT2D eigenvalue weighted by atomic mass is 10.2. The first-order valence-corrected chi connectivity index (χ1v) is 5.44. The SMILES string of the molecule is C=C(O)c1ccc2cc(C3CC3C)oc2n1. The number of hydrogen-bond acceptors (Lipinski definition) is 3. The molecule has 1 N–H and O–H groups in total. The van der Waals surface area contributed by atoms with E-state index in [0.717, 1.165) is 11.1 Å². The smallest absolute Gasteiger partial charge is 0.226 e. The van der Waals surface area contributed by atoms with Crippen LogP contribution >= 0.6 is 0 Å². The van der Waals surface area contributed by atoms with Gasteiger partial charge >= 0.3 is 0 Å². The molecule has 0 aliphatic heterocycles. The van der Waals surface area contributed by atoms with Gasteiger partial charge in [0.2, 0.25) is 5.71 Å². The van der Waals surface area contributed by atoms with Crippen LogP contribution in [0, 0.1) is 5.92 Å². The second-order valence-electron chi connectivity index (χ2n) is 4.51. The fraction of sp³-hybridized carbons (Fsp3) is 0.308. The molecule has 1 fully saturated rings. The van der Waals surface area contributed by atoms with Crippen molar-refractivity contribution in [2.24, 2.45) is 5.92 Å². The number of aliphatic hydroxyl groups is 1. The second-order valence-corrected chi connectivity index (χ2v) is 4.51. The zero-order valence-electron chi connectivity index (χ0n) is 9.10. The van der Waals surface area contributed by atoms with E-state index in [-0.39, 0.29) is 5.76 Å². The molecule has 0 saturated heterocycles. The Labute approximate surface area is 93.4 Å². The number of nitrogens with zero attached hydrogens (tertiary/aromatic N) is 1. The van der Waals surface area contributed by atoms with E-state index >= 15 is 0 Å². The Morgan fingerprint density at radius 1 is 1.56 bits per heavy atom. The molecule has 2 aromatic heterocycles. The number of rotatable bonds is 2. The van der Waals surface area contributed by atoms with E-state index in [9.17, 15) is 5.11 Å². The summed E-state index contributed by atoms with van der Waals surface area (Å²) in [6, 6.07) is 5.69. The first-order valence-electron chi connectivity index (χ1n) is 5.44. The molecule has 1 aliphatic rings. The lowest BCUT2D eigenvalue weighted by Crippen LogP contribution is -1.85.